The summed E-state index contributed by atoms with van der Waals surface area (Å²) in [5, 5.41) is 4.58. The molecule has 0 atom stereocenters. The van der Waals surface area contributed by atoms with Crippen LogP contribution >= 0.6 is 12.2 Å². The number of ether oxygens (including phenoxy) is 1. The summed E-state index contributed by atoms with van der Waals surface area (Å²) in [6.45, 7) is 0. The number of carbonyl (C=O) groups excluding carboxylic acids is 2. The first-order valence-corrected chi connectivity index (χ1v) is 9.68. The Hall–Kier alpha value is -3.24. The lowest BCUT2D eigenvalue weighted by Gasteiger charge is -2.16. The average Bonchev–Trinajstić information content (AvgIpc) is 2.66. The van der Waals surface area contributed by atoms with Crippen molar-refractivity contribution in [1.29, 1.82) is 0 Å². The van der Waals surface area contributed by atoms with Gasteiger partial charge in [-0.1, -0.05) is 24.3 Å². The Kier molecular flexibility index (Phi) is 5.43. The first kappa shape index (κ1) is 19.5. The number of nitrogens with one attached hydrogen (secondary N) is 2. The van der Waals surface area contributed by atoms with Crippen LogP contribution in [-0.2, 0) is 19.7 Å². The Balaban J connectivity index is 1.91. The molecule has 0 bridgehead atoms. The van der Waals surface area contributed by atoms with Crippen LogP contribution in [0.25, 0.3) is 6.08 Å². The molecule has 0 saturated carbocycles. The first-order valence-electron chi connectivity index (χ1n) is 7.86. The number of hydrogen-bond donors (Lipinski definition) is 2. The van der Waals surface area contributed by atoms with E-state index in [9.17, 15) is 18.0 Å². The number of hydrogen-bond acceptors (Lipinski definition) is 7. The zero-order valence-electron chi connectivity index (χ0n) is 14.5. The number of benzene rings is 2. The molecule has 2 aromatic carbocycles. The Morgan fingerprint density at radius 3 is 2.21 bits per heavy atom. The zero-order valence-corrected chi connectivity index (χ0v) is 16.1. The summed E-state index contributed by atoms with van der Waals surface area (Å²) in [6, 6.07) is 12.0. The summed E-state index contributed by atoms with van der Waals surface area (Å²) >= 11 is 4.74. The maximum Gasteiger partial charge on any atom is 0.339 e. The molecular formula is C18H14N2O6S2. The normalized spacial score (nSPS) is 14.2. The molecule has 2 amide bonds. The summed E-state index contributed by atoms with van der Waals surface area (Å²) in [5.74, 6) is -1.20. The van der Waals surface area contributed by atoms with Gasteiger partial charge in [-0.2, -0.15) is 8.42 Å². The third-order valence-electron chi connectivity index (χ3n) is 3.67. The number of rotatable bonds is 5. The molecule has 8 nitrogen and oxygen atoms in total. The van der Waals surface area contributed by atoms with Gasteiger partial charge in [0.25, 0.3) is 11.8 Å². The van der Waals surface area contributed by atoms with Gasteiger partial charge in [0.2, 0.25) is 0 Å². The van der Waals surface area contributed by atoms with Crippen molar-refractivity contribution in [3.8, 4) is 11.5 Å². The topological polar surface area (TPSA) is 111 Å². The maximum absolute atomic E-state index is 12.4. The van der Waals surface area contributed by atoms with Crippen molar-refractivity contribution in [2.24, 2.45) is 0 Å². The van der Waals surface area contributed by atoms with Crippen molar-refractivity contribution in [2.45, 2.75) is 4.90 Å². The first-order chi connectivity index (χ1) is 13.3. The molecule has 0 aromatic heterocycles. The molecule has 1 saturated heterocycles. The molecule has 2 aromatic rings. The van der Waals surface area contributed by atoms with Crippen molar-refractivity contribution in [3.63, 3.8) is 0 Å². The van der Waals surface area contributed by atoms with E-state index in [-0.39, 0.29) is 27.1 Å². The smallest absolute Gasteiger partial charge is 0.339 e. The van der Waals surface area contributed by atoms with Crippen LogP contribution in [0.3, 0.4) is 0 Å². The van der Waals surface area contributed by atoms with Crippen LogP contribution in [-0.4, -0.2) is 32.5 Å². The Labute approximate surface area is 166 Å². The fourth-order valence-corrected chi connectivity index (χ4v) is 3.52. The molecule has 2 N–H and O–H groups in total. The molecular weight excluding hydrogens is 404 g/mol. The van der Waals surface area contributed by atoms with E-state index in [4.69, 9.17) is 21.1 Å². The summed E-state index contributed by atoms with van der Waals surface area (Å²) in [6.07, 6.45) is 1.32. The molecule has 1 aliphatic rings. The highest BCUT2D eigenvalue weighted by molar-refractivity contribution is 7.87. The second-order valence-electron chi connectivity index (χ2n) is 5.56. The second kappa shape index (κ2) is 7.79. The van der Waals surface area contributed by atoms with Crippen LogP contribution in [0.5, 0.6) is 11.5 Å². The minimum atomic E-state index is -4.05. The van der Waals surface area contributed by atoms with Crippen LogP contribution in [0.15, 0.2) is 59.0 Å². The van der Waals surface area contributed by atoms with Gasteiger partial charge in [0, 0.05) is 0 Å². The lowest BCUT2D eigenvalue weighted by Crippen LogP contribution is -2.51. The van der Waals surface area contributed by atoms with Gasteiger partial charge in [0.1, 0.15) is 10.5 Å². The van der Waals surface area contributed by atoms with Crippen LogP contribution in [0.2, 0.25) is 0 Å². The van der Waals surface area contributed by atoms with E-state index in [2.05, 4.69) is 10.6 Å². The van der Waals surface area contributed by atoms with Crippen LogP contribution in [0.4, 0.5) is 0 Å². The molecule has 0 aliphatic carbocycles. The second-order valence-corrected chi connectivity index (χ2v) is 7.51. The van der Waals surface area contributed by atoms with Crippen LogP contribution < -0.4 is 19.6 Å². The number of amides is 2. The van der Waals surface area contributed by atoms with E-state index in [1.807, 2.05) is 0 Å². The highest BCUT2D eigenvalue weighted by Crippen LogP contribution is 2.31. The van der Waals surface area contributed by atoms with Gasteiger partial charge in [0.05, 0.1) is 7.11 Å². The fourth-order valence-electron chi connectivity index (χ4n) is 2.37. The molecule has 0 unspecified atom stereocenters. The quantitative estimate of drug-likeness (QED) is 0.327. The van der Waals surface area contributed by atoms with Crippen LogP contribution in [0.1, 0.15) is 5.56 Å². The van der Waals surface area contributed by atoms with E-state index >= 15 is 0 Å². The predicted molar refractivity (Wildman–Crippen MR) is 104 cm³/mol. The van der Waals surface area contributed by atoms with E-state index in [1.54, 1.807) is 18.2 Å². The molecule has 3 rings (SSSR count). The van der Waals surface area contributed by atoms with E-state index in [0.29, 0.717) is 5.56 Å². The molecule has 10 heteroatoms. The fraction of sp³-hybridized carbons (Fsp3) is 0.0556. The number of methoxy groups -OCH3 is 1. The zero-order chi connectivity index (χ0) is 20.3. The molecule has 1 heterocycles. The Morgan fingerprint density at radius 1 is 0.964 bits per heavy atom. The third kappa shape index (κ3) is 4.18. The van der Waals surface area contributed by atoms with Gasteiger partial charge in [-0.25, -0.2) is 0 Å². The lowest BCUT2D eigenvalue weighted by molar-refractivity contribution is -0.123. The summed E-state index contributed by atoms with van der Waals surface area (Å²) in [5.41, 5.74) is 0.274. The Morgan fingerprint density at radius 2 is 1.61 bits per heavy atom. The van der Waals surface area contributed by atoms with E-state index in [0.717, 1.165) is 0 Å². The van der Waals surface area contributed by atoms with E-state index in [1.165, 1.54) is 43.5 Å². The van der Waals surface area contributed by atoms with Gasteiger partial charge in [-0.15, -0.1) is 0 Å². The van der Waals surface area contributed by atoms with Gasteiger partial charge in [-0.3, -0.25) is 20.2 Å². The van der Waals surface area contributed by atoms with Gasteiger partial charge in [-0.05, 0) is 48.1 Å². The van der Waals surface area contributed by atoms with Crippen molar-refractivity contribution in [2.75, 3.05) is 7.11 Å². The SMILES string of the molecule is COc1cc(C=C2C(=O)NC(=S)NC2=O)ccc1OS(=O)(=O)c1ccccc1. The molecule has 0 spiro atoms. The summed E-state index contributed by atoms with van der Waals surface area (Å²) in [4.78, 5) is 23.8. The summed E-state index contributed by atoms with van der Waals surface area (Å²) < 4.78 is 35.1. The largest absolute Gasteiger partial charge is 0.493 e. The monoisotopic (exact) mass is 418 g/mol. The van der Waals surface area contributed by atoms with Gasteiger partial charge in [0.15, 0.2) is 16.6 Å². The number of carbonyl (C=O) groups is 2. The minimum Gasteiger partial charge on any atom is -0.493 e. The molecule has 144 valence electrons. The number of thiocarbonyl (C=S) groups is 1. The maximum atomic E-state index is 12.4. The Bertz CT molecular complexity index is 1070. The predicted octanol–water partition coefficient (Wildman–Crippen LogP) is 1.38. The molecule has 1 fully saturated rings. The van der Waals surface area contributed by atoms with Crippen molar-refractivity contribution in [1.82, 2.24) is 10.6 Å². The van der Waals surface area contributed by atoms with Crippen molar-refractivity contribution in [3.05, 3.63) is 59.7 Å². The average molecular weight is 418 g/mol. The third-order valence-corrected chi connectivity index (χ3v) is 5.13. The highest BCUT2D eigenvalue weighted by atomic mass is 32.2. The standard InChI is InChI=1S/C18H14N2O6S2/c1-25-15-10-11(9-13-16(21)19-18(27)20-17(13)22)7-8-14(15)26-28(23,24)12-5-3-2-4-6-12/h2-10H,1H3,(H2,19,20,21,22,27). The van der Waals surface area contributed by atoms with E-state index < -0.39 is 21.9 Å². The van der Waals surface area contributed by atoms with Crippen molar-refractivity contribution >= 4 is 45.3 Å². The molecule has 0 radical (unpaired) electrons. The van der Waals surface area contributed by atoms with Gasteiger partial charge >= 0.3 is 10.1 Å². The highest BCUT2D eigenvalue weighted by Gasteiger charge is 2.26. The van der Waals surface area contributed by atoms with Gasteiger partial charge < -0.3 is 8.92 Å². The molecule has 28 heavy (non-hydrogen) atoms. The minimum absolute atomic E-state index is 0.00485. The lowest BCUT2D eigenvalue weighted by atomic mass is 10.1. The molecule has 1 aliphatic heterocycles. The van der Waals surface area contributed by atoms with Crippen molar-refractivity contribution < 1.29 is 26.9 Å². The van der Waals surface area contributed by atoms with Crippen LogP contribution in [0, 0.1) is 0 Å². The summed E-state index contributed by atoms with van der Waals surface area (Å²) in [7, 11) is -2.71.